The predicted octanol–water partition coefficient (Wildman–Crippen LogP) is 2.20. The SMILES string of the molecule is C=C(C)C(=O)N1CCN(c2ccc(-c3cc(OC[C@H]4CN(C)CCO4)cn4ncc(C#N)c34)cn2)CC1. The summed E-state index contributed by atoms with van der Waals surface area (Å²) in [7, 11) is 2.07. The number of aromatic nitrogens is 3. The molecule has 1 amide bonds. The van der Waals surface area contributed by atoms with Gasteiger partial charge in [0.1, 0.15) is 30.3 Å². The smallest absolute Gasteiger partial charge is 0.249 e. The van der Waals surface area contributed by atoms with E-state index in [1.165, 1.54) is 0 Å². The molecule has 1 atom stereocenters. The highest BCUT2D eigenvalue weighted by atomic mass is 16.5. The van der Waals surface area contributed by atoms with Gasteiger partial charge < -0.3 is 24.2 Å². The van der Waals surface area contributed by atoms with E-state index in [-0.39, 0.29) is 12.0 Å². The van der Waals surface area contributed by atoms with Gasteiger partial charge in [0.15, 0.2) is 0 Å². The van der Waals surface area contributed by atoms with Gasteiger partial charge in [0.25, 0.3) is 0 Å². The lowest BCUT2D eigenvalue weighted by atomic mass is 10.1. The first kappa shape index (κ1) is 24.7. The molecular weight excluding hydrogens is 470 g/mol. The molecule has 2 fully saturated rings. The second-order valence-electron chi connectivity index (χ2n) is 9.58. The van der Waals surface area contributed by atoms with Gasteiger partial charge in [0, 0.05) is 62.2 Å². The monoisotopic (exact) mass is 501 g/mol. The van der Waals surface area contributed by atoms with Gasteiger partial charge in [-0.3, -0.25) is 4.79 Å². The minimum Gasteiger partial charge on any atom is -0.489 e. The number of carbonyl (C=O) groups is 1. The van der Waals surface area contributed by atoms with Crippen molar-refractivity contribution in [2.75, 3.05) is 64.4 Å². The van der Waals surface area contributed by atoms with E-state index in [0.29, 0.717) is 61.8 Å². The number of anilines is 1. The van der Waals surface area contributed by atoms with Crippen molar-refractivity contribution in [1.82, 2.24) is 24.4 Å². The molecule has 0 N–H and O–H groups in total. The van der Waals surface area contributed by atoms with Gasteiger partial charge in [-0.05, 0) is 32.2 Å². The second-order valence-corrected chi connectivity index (χ2v) is 9.58. The molecule has 0 radical (unpaired) electrons. The Bertz CT molecular complexity index is 1340. The average Bonchev–Trinajstić information content (AvgIpc) is 3.34. The van der Waals surface area contributed by atoms with E-state index in [1.54, 1.807) is 23.8 Å². The van der Waals surface area contributed by atoms with Crippen LogP contribution in [0.15, 0.2) is 48.9 Å². The van der Waals surface area contributed by atoms with Gasteiger partial charge in [0.05, 0.1) is 30.1 Å². The molecule has 3 aromatic rings. The second kappa shape index (κ2) is 10.6. The van der Waals surface area contributed by atoms with Gasteiger partial charge in [0.2, 0.25) is 5.91 Å². The van der Waals surface area contributed by atoms with E-state index in [2.05, 4.69) is 34.6 Å². The van der Waals surface area contributed by atoms with Crippen LogP contribution in [0, 0.1) is 11.3 Å². The Morgan fingerprint density at radius 2 is 2.05 bits per heavy atom. The number of amides is 1. The number of pyridine rings is 2. The van der Waals surface area contributed by atoms with Crippen LogP contribution >= 0.6 is 0 Å². The Labute approximate surface area is 216 Å². The highest BCUT2D eigenvalue weighted by Crippen LogP contribution is 2.31. The largest absolute Gasteiger partial charge is 0.489 e. The van der Waals surface area contributed by atoms with Crippen molar-refractivity contribution < 1.29 is 14.3 Å². The van der Waals surface area contributed by atoms with Gasteiger partial charge in [-0.15, -0.1) is 0 Å². The number of morpholine rings is 1. The predicted molar refractivity (Wildman–Crippen MR) is 139 cm³/mol. The lowest BCUT2D eigenvalue weighted by Crippen LogP contribution is -2.49. The molecular formula is C27H31N7O3. The first-order valence-corrected chi connectivity index (χ1v) is 12.4. The minimum absolute atomic E-state index is 0.00251. The Balaban J connectivity index is 1.36. The number of piperazine rings is 1. The van der Waals surface area contributed by atoms with E-state index in [1.807, 2.05) is 29.3 Å². The highest BCUT2D eigenvalue weighted by molar-refractivity contribution is 5.92. The van der Waals surface area contributed by atoms with Crippen LogP contribution in [-0.4, -0.2) is 95.9 Å². The number of carbonyl (C=O) groups excluding carboxylic acids is 1. The van der Waals surface area contributed by atoms with Gasteiger partial charge >= 0.3 is 0 Å². The number of nitrogens with zero attached hydrogens (tertiary/aromatic N) is 7. The molecule has 3 aromatic heterocycles. The summed E-state index contributed by atoms with van der Waals surface area (Å²) in [6.07, 6.45) is 5.17. The quantitative estimate of drug-likeness (QED) is 0.474. The number of fused-ring (bicyclic) bond motifs is 1. The molecule has 0 aromatic carbocycles. The lowest BCUT2D eigenvalue weighted by molar-refractivity contribution is -0.127. The molecule has 0 spiro atoms. The highest BCUT2D eigenvalue weighted by Gasteiger charge is 2.23. The summed E-state index contributed by atoms with van der Waals surface area (Å²) in [5.41, 5.74) is 3.44. The van der Waals surface area contributed by atoms with Crippen molar-refractivity contribution in [3.63, 3.8) is 0 Å². The van der Waals surface area contributed by atoms with E-state index < -0.39 is 0 Å². The molecule has 0 bridgehead atoms. The Morgan fingerprint density at radius 3 is 2.73 bits per heavy atom. The molecule has 10 nitrogen and oxygen atoms in total. The first-order valence-electron chi connectivity index (χ1n) is 12.4. The number of nitriles is 1. The molecule has 0 aliphatic carbocycles. The summed E-state index contributed by atoms with van der Waals surface area (Å²) in [4.78, 5) is 23.1. The minimum atomic E-state index is -0.00251. The van der Waals surface area contributed by atoms with Gasteiger partial charge in [-0.2, -0.15) is 10.4 Å². The van der Waals surface area contributed by atoms with Crippen molar-refractivity contribution in [3.05, 3.63) is 54.5 Å². The van der Waals surface area contributed by atoms with Crippen molar-refractivity contribution >= 4 is 17.2 Å². The summed E-state index contributed by atoms with van der Waals surface area (Å²) < 4.78 is 13.6. The van der Waals surface area contributed by atoms with Gasteiger partial charge in [-0.1, -0.05) is 6.58 Å². The zero-order chi connectivity index (χ0) is 25.9. The third-order valence-electron chi connectivity index (χ3n) is 6.80. The maximum absolute atomic E-state index is 12.2. The van der Waals surface area contributed by atoms with Crippen LogP contribution in [0.25, 0.3) is 16.6 Å². The molecule has 5 rings (SSSR count). The third-order valence-corrected chi connectivity index (χ3v) is 6.80. The number of hydrogen-bond donors (Lipinski definition) is 0. The summed E-state index contributed by atoms with van der Waals surface area (Å²) in [5.74, 6) is 1.50. The maximum atomic E-state index is 12.2. The van der Waals surface area contributed by atoms with Crippen molar-refractivity contribution in [1.29, 1.82) is 5.26 Å². The molecule has 10 heteroatoms. The summed E-state index contributed by atoms with van der Waals surface area (Å²) in [6.45, 7) is 11.0. The number of hydrogen-bond acceptors (Lipinski definition) is 8. The average molecular weight is 502 g/mol. The molecule has 0 unspecified atom stereocenters. The molecule has 2 aliphatic rings. The van der Waals surface area contributed by atoms with Crippen molar-refractivity contribution in [2.24, 2.45) is 0 Å². The molecule has 192 valence electrons. The lowest BCUT2D eigenvalue weighted by Gasteiger charge is -2.35. The fourth-order valence-corrected chi connectivity index (χ4v) is 4.78. The Kier molecular flexibility index (Phi) is 7.08. The van der Waals surface area contributed by atoms with E-state index >= 15 is 0 Å². The number of likely N-dealkylation sites (N-methyl/N-ethyl adjacent to an activating group) is 1. The molecule has 5 heterocycles. The molecule has 2 saturated heterocycles. The van der Waals surface area contributed by atoms with Crippen molar-refractivity contribution in [2.45, 2.75) is 13.0 Å². The van der Waals surface area contributed by atoms with Crippen LogP contribution in [0.5, 0.6) is 5.75 Å². The van der Waals surface area contributed by atoms with Crippen molar-refractivity contribution in [3.8, 4) is 22.9 Å². The number of ether oxygens (including phenoxy) is 2. The van der Waals surface area contributed by atoms with Crippen LogP contribution in [0.1, 0.15) is 12.5 Å². The summed E-state index contributed by atoms with van der Waals surface area (Å²) in [5, 5.41) is 14.0. The van der Waals surface area contributed by atoms with E-state index in [0.717, 1.165) is 30.0 Å². The van der Waals surface area contributed by atoms with Crippen LogP contribution in [0.4, 0.5) is 5.82 Å². The fraction of sp³-hybridized carbons (Fsp3) is 0.407. The molecule has 2 aliphatic heterocycles. The van der Waals surface area contributed by atoms with Crippen LogP contribution in [-0.2, 0) is 9.53 Å². The topological polar surface area (TPSA) is 99.2 Å². The fourth-order valence-electron chi connectivity index (χ4n) is 4.78. The number of rotatable bonds is 6. The molecule has 37 heavy (non-hydrogen) atoms. The normalized spacial score (nSPS) is 18.6. The van der Waals surface area contributed by atoms with E-state index in [4.69, 9.17) is 14.5 Å². The van der Waals surface area contributed by atoms with Crippen LogP contribution in [0.3, 0.4) is 0 Å². The first-order chi connectivity index (χ1) is 17.9. The summed E-state index contributed by atoms with van der Waals surface area (Å²) in [6, 6.07) is 8.15. The Morgan fingerprint density at radius 1 is 1.24 bits per heavy atom. The standard InChI is InChI=1S/C27H31N7O3/c1-19(2)27(35)33-8-6-32(7-9-33)25-5-4-20(14-29-25)24-12-22(17-34-26(24)21(13-28)15-30-34)37-18-23-16-31(3)10-11-36-23/h4-5,12,14-15,17,23H,1,6-11,16,18H2,2-3H3/t23-/m1/s1. The van der Waals surface area contributed by atoms with Crippen LogP contribution in [0.2, 0.25) is 0 Å². The Hall–Kier alpha value is -3.94. The van der Waals surface area contributed by atoms with Gasteiger partial charge in [-0.25, -0.2) is 9.50 Å². The summed E-state index contributed by atoms with van der Waals surface area (Å²) >= 11 is 0. The van der Waals surface area contributed by atoms with E-state index in [9.17, 15) is 10.1 Å². The third kappa shape index (κ3) is 5.28. The van der Waals surface area contributed by atoms with Crippen LogP contribution < -0.4 is 9.64 Å². The molecule has 0 saturated carbocycles. The zero-order valence-electron chi connectivity index (χ0n) is 21.3. The zero-order valence-corrected chi connectivity index (χ0v) is 21.3. The maximum Gasteiger partial charge on any atom is 0.249 e.